The Hall–Kier alpha value is -1.59. The molecule has 1 unspecified atom stereocenters. The van der Waals surface area contributed by atoms with Crippen molar-refractivity contribution in [3.63, 3.8) is 0 Å². The summed E-state index contributed by atoms with van der Waals surface area (Å²) >= 11 is 0. The number of nitrogens with zero attached hydrogens (tertiary/aromatic N) is 1. The van der Waals surface area contributed by atoms with Crippen LogP contribution in [0, 0.1) is 0 Å². The number of urea groups is 1. The maximum atomic E-state index is 11.8. The standard InChI is InChI=1S/C16H25N3O2/c1-16(2,3)18-15(20)17-13-7-5-12(6-8-13)14-11-19(4)9-10-21-14/h5-8,14H,9-11H2,1-4H3,(H2,17,18,20). The number of likely N-dealkylation sites (N-methyl/N-ethyl adjacent to an activating group) is 1. The van der Waals surface area contributed by atoms with E-state index in [4.69, 9.17) is 4.74 Å². The number of morpholine rings is 1. The summed E-state index contributed by atoms with van der Waals surface area (Å²) in [5.41, 5.74) is 1.68. The number of hydrogen-bond donors (Lipinski definition) is 2. The fourth-order valence-corrected chi connectivity index (χ4v) is 2.26. The molecule has 2 N–H and O–H groups in total. The topological polar surface area (TPSA) is 53.6 Å². The molecule has 2 amide bonds. The lowest BCUT2D eigenvalue weighted by Gasteiger charge is -2.30. The molecule has 1 aromatic carbocycles. The van der Waals surface area contributed by atoms with Crippen molar-refractivity contribution in [2.24, 2.45) is 0 Å². The van der Waals surface area contributed by atoms with E-state index < -0.39 is 0 Å². The van der Waals surface area contributed by atoms with Crippen LogP contribution in [0.4, 0.5) is 10.5 Å². The van der Waals surface area contributed by atoms with Crippen molar-refractivity contribution in [3.8, 4) is 0 Å². The molecule has 1 aliphatic heterocycles. The predicted octanol–water partition coefficient (Wildman–Crippen LogP) is 2.61. The molecule has 1 aliphatic rings. The van der Waals surface area contributed by atoms with Gasteiger partial charge in [0.15, 0.2) is 0 Å². The van der Waals surface area contributed by atoms with Crippen LogP contribution in [0.5, 0.6) is 0 Å². The lowest BCUT2D eigenvalue weighted by Crippen LogP contribution is -2.43. The molecule has 1 aromatic rings. The molecule has 0 aliphatic carbocycles. The van der Waals surface area contributed by atoms with Crippen LogP contribution in [-0.4, -0.2) is 43.2 Å². The Morgan fingerprint density at radius 3 is 2.52 bits per heavy atom. The average molecular weight is 291 g/mol. The summed E-state index contributed by atoms with van der Waals surface area (Å²) in [6.07, 6.45) is 0.112. The van der Waals surface area contributed by atoms with Crippen LogP contribution in [0.3, 0.4) is 0 Å². The van der Waals surface area contributed by atoms with Gasteiger partial charge in [-0.3, -0.25) is 0 Å². The number of benzene rings is 1. The molecular weight excluding hydrogens is 266 g/mol. The zero-order valence-electron chi connectivity index (χ0n) is 13.3. The average Bonchev–Trinajstić information content (AvgIpc) is 2.37. The van der Waals surface area contributed by atoms with Gasteiger partial charge >= 0.3 is 6.03 Å². The molecule has 0 bridgehead atoms. The lowest BCUT2D eigenvalue weighted by molar-refractivity contribution is -0.0208. The van der Waals surface area contributed by atoms with Crippen LogP contribution in [0.25, 0.3) is 0 Å². The molecule has 116 valence electrons. The molecule has 2 rings (SSSR count). The van der Waals surface area contributed by atoms with Gasteiger partial charge in [-0.1, -0.05) is 12.1 Å². The molecule has 5 heteroatoms. The molecule has 1 atom stereocenters. The highest BCUT2D eigenvalue weighted by molar-refractivity contribution is 5.89. The van der Waals surface area contributed by atoms with Crippen molar-refractivity contribution in [2.45, 2.75) is 32.4 Å². The van der Waals surface area contributed by atoms with E-state index in [1.54, 1.807) is 0 Å². The van der Waals surface area contributed by atoms with Crippen molar-refractivity contribution in [3.05, 3.63) is 29.8 Å². The zero-order valence-corrected chi connectivity index (χ0v) is 13.3. The van der Waals surface area contributed by atoms with E-state index in [-0.39, 0.29) is 17.7 Å². The minimum Gasteiger partial charge on any atom is -0.371 e. The highest BCUT2D eigenvalue weighted by atomic mass is 16.5. The molecule has 1 fully saturated rings. The van der Waals surface area contributed by atoms with Gasteiger partial charge in [-0.15, -0.1) is 0 Å². The molecule has 21 heavy (non-hydrogen) atoms. The van der Waals surface area contributed by atoms with Gasteiger partial charge in [0, 0.05) is 24.3 Å². The Balaban J connectivity index is 1.94. The molecular formula is C16H25N3O2. The number of ether oxygens (including phenoxy) is 1. The first-order chi connectivity index (χ1) is 9.83. The van der Waals surface area contributed by atoms with E-state index in [0.717, 1.165) is 30.9 Å². The van der Waals surface area contributed by atoms with Crippen LogP contribution in [0.2, 0.25) is 0 Å². The van der Waals surface area contributed by atoms with Gasteiger partial charge in [-0.25, -0.2) is 4.79 Å². The van der Waals surface area contributed by atoms with Gasteiger partial charge < -0.3 is 20.3 Å². The number of hydrogen-bond acceptors (Lipinski definition) is 3. The Labute approximate surface area is 126 Å². The summed E-state index contributed by atoms with van der Waals surface area (Å²) in [5, 5.41) is 5.71. The molecule has 1 saturated heterocycles. The monoisotopic (exact) mass is 291 g/mol. The third-order valence-electron chi connectivity index (χ3n) is 3.30. The van der Waals surface area contributed by atoms with Crippen molar-refractivity contribution in [2.75, 3.05) is 32.1 Å². The summed E-state index contributed by atoms with van der Waals surface area (Å²) in [6.45, 7) is 8.49. The number of nitrogens with one attached hydrogen (secondary N) is 2. The fourth-order valence-electron chi connectivity index (χ4n) is 2.26. The van der Waals surface area contributed by atoms with E-state index in [2.05, 4.69) is 22.6 Å². The third kappa shape index (κ3) is 5.02. The minimum absolute atomic E-state index is 0.112. The van der Waals surface area contributed by atoms with Gasteiger partial charge in [0.25, 0.3) is 0 Å². The van der Waals surface area contributed by atoms with Gasteiger partial charge in [-0.2, -0.15) is 0 Å². The van der Waals surface area contributed by atoms with Crippen LogP contribution in [0.1, 0.15) is 32.4 Å². The molecule has 5 nitrogen and oxygen atoms in total. The summed E-state index contributed by atoms with van der Waals surface area (Å²) in [5.74, 6) is 0. The van der Waals surface area contributed by atoms with E-state index >= 15 is 0 Å². The second-order valence-electron chi connectivity index (χ2n) is 6.57. The number of carbonyl (C=O) groups is 1. The summed E-state index contributed by atoms with van der Waals surface area (Å²) in [4.78, 5) is 14.1. The van der Waals surface area contributed by atoms with Crippen LogP contribution in [0.15, 0.2) is 24.3 Å². The van der Waals surface area contributed by atoms with Crippen molar-refractivity contribution in [1.29, 1.82) is 0 Å². The second-order valence-corrected chi connectivity index (χ2v) is 6.57. The summed E-state index contributed by atoms with van der Waals surface area (Å²) < 4.78 is 5.78. The van der Waals surface area contributed by atoms with Crippen LogP contribution in [-0.2, 0) is 4.74 Å². The lowest BCUT2D eigenvalue weighted by atomic mass is 10.1. The van der Waals surface area contributed by atoms with E-state index in [9.17, 15) is 4.79 Å². The number of anilines is 1. The second kappa shape index (κ2) is 6.45. The number of rotatable bonds is 2. The maximum absolute atomic E-state index is 11.8. The highest BCUT2D eigenvalue weighted by Crippen LogP contribution is 2.23. The van der Waals surface area contributed by atoms with Gasteiger partial charge in [0.2, 0.25) is 0 Å². The Kier molecular flexibility index (Phi) is 4.85. The van der Waals surface area contributed by atoms with E-state index in [1.165, 1.54) is 0 Å². The SMILES string of the molecule is CN1CCOC(c2ccc(NC(=O)NC(C)(C)C)cc2)C1. The van der Waals surface area contributed by atoms with E-state index in [1.807, 2.05) is 45.0 Å². The summed E-state index contributed by atoms with van der Waals surface area (Å²) in [6, 6.07) is 7.65. The first kappa shape index (κ1) is 15.8. The Bertz CT molecular complexity index is 479. The molecule has 0 radical (unpaired) electrons. The Morgan fingerprint density at radius 2 is 1.95 bits per heavy atom. The van der Waals surface area contributed by atoms with Crippen LogP contribution < -0.4 is 10.6 Å². The largest absolute Gasteiger partial charge is 0.371 e. The Morgan fingerprint density at radius 1 is 1.29 bits per heavy atom. The normalized spacial score (nSPS) is 20.1. The molecule has 0 saturated carbocycles. The van der Waals surface area contributed by atoms with Crippen molar-refractivity contribution < 1.29 is 9.53 Å². The molecule has 1 heterocycles. The van der Waals surface area contributed by atoms with Crippen LogP contribution >= 0.6 is 0 Å². The van der Waals surface area contributed by atoms with Crippen molar-refractivity contribution >= 4 is 11.7 Å². The zero-order chi connectivity index (χ0) is 15.5. The predicted molar refractivity (Wildman–Crippen MR) is 84.5 cm³/mol. The van der Waals surface area contributed by atoms with Gasteiger partial charge in [0.05, 0.1) is 12.7 Å². The maximum Gasteiger partial charge on any atom is 0.319 e. The number of amides is 2. The van der Waals surface area contributed by atoms with Crippen molar-refractivity contribution in [1.82, 2.24) is 10.2 Å². The fraction of sp³-hybridized carbons (Fsp3) is 0.562. The third-order valence-corrected chi connectivity index (χ3v) is 3.30. The summed E-state index contributed by atoms with van der Waals surface area (Å²) in [7, 11) is 2.10. The van der Waals surface area contributed by atoms with Gasteiger partial charge in [0.1, 0.15) is 0 Å². The molecule has 0 spiro atoms. The minimum atomic E-state index is -0.245. The van der Waals surface area contributed by atoms with E-state index in [0.29, 0.717) is 0 Å². The highest BCUT2D eigenvalue weighted by Gasteiger charge is 2.19. The first-order valence-electron chi connectivity index (χ1n) is 7.33. The smallest absolute Gasteiger partial charge is 0.319 e. The quantitative estimate of drug-likeness (QED) is 0.880. The first-order valence-corrected chi connectivity index (χ1v) is 7.33. The van der Waals surface area contributed by atoms with Gasteiger partial charge in [-0.05, 0) is 45.5 Å². The molecule has 0 aromatic heterocycles. The number of carbonyl (C=O) groups excluding carboxylic acids is 1.